The van der Waals surface area contributed by atoms with E-state index in [1.807, 2.05) is 23.1 Å². The van der Waals surface area contributed by atoms with Crippen LogP contribution in [0.1, 0.15) is 5.56 Å². The summed E-state index contributed by atoms with van der Waals surface area (Å²) in [4.78, 5) is 19.8. The molecule has 1 aliphatic rings. The van der Waals surface area contributed by atoms with Gasteiger partial charge in [-0.15, -0.1) is 0 Å². The van der Waals surface area contributed by atoms with Crippen LogP contribution in [-0.4, -0.2) is 21.6 Å². The Kier molecular flexibility index (Phi) is 2.11. The molecule has 0 radical (unpaired) electrons. The number of fused-ring (bicyclic) bond motifs is 1. The third kappa shape index (κ3) is 1.65. The fourth-order valence-electron chi connectivity index (χ4n) is 2.12. The van der Waals surface area contributed by atoms with E-state index in [0.717, 1.165) is 24.7 Å². The Balaban J connectivity index is 2.10. The summed E-state index contributed by atoms with van der Waals surface area (Å²) in [5, 5.41) is 9.34. The third-order valence-electron chi connectivity index (χ3n) is 2.86. The summed E-state index contributed by atoms with van der Waals surface area (Å²) in [5.74, 6) is 0.132. The van der Waals surface area contributed by atoms with Crippen LogP contribution in [0.25, 0.3) is 0 Å². The number of anilines is 2. The van der Waals surface area contributed by atoms with Crippen molar-refractivity contribution in [2.45, 2.75) is 6.42 Å². The van der Waals surface area contributed by atoms with Gasteiger partial charge in [0.1, 0.15) is 0 Å². The van der Waals surface area contributed by atoms with Gasteiger partial charge in [-0.1, -0.05) is 18.2 Å². The summed E-state index contributed by atoms with van der Waals surface area (Å²) in [6.07, 6.45) is 0.912. The van der Waals surface area contributed by atoms with Crippen LogP contribution in [0.3, 0.4) is 0 Å². The van der Waals surface area contributed by atoms with E-state index < -0.39 is 0 Å². The molecule has 2 aromatic rings. The van der Waals surface area contributed by atoms with Gasteiger partial charge < -0.3 is 10.0 Å². The Labute approximate surface area is 97.4 Å². The minimum absolute atomic E-state index is 0.256. The molecule has 1 aromatic heterocycles. The highest BCUT2D eigenvalue weighted by molar-refractivity contribution is 5.65. The smallest absolute Gasteiger partial charge is 0.256 e. The SMILES string of the molecule is O=c1cc(O)nc(N2CCc3ccccc32)[nH]1. The number of aromatic amines is 1. The molecule has 0 fully saturated rings. The quantitative estimate of drug-likeness (QED) is 0.770. The molecule has 1 aromatic carbocycles. The zero-order chi connectivity index (χ0) is 11.8. The van der Waals surface area contributed by atoms with E-state index in [9.17, 15) is 9.90 Å². The third-order valence-corrected chi connectivity index (χ3v) is 2.86. The van der Waals surface area contributed by atoms with Gasteiger partial charge in [0.2, 0.25) is 11.8 Å². The van der Waals surface area contributed by atoms with Crippen molar-refractivity contribution < 1.29 is 5.11 Å². The molecule has 0 bridgehead atoms. The normalized spacial score (nSPS) is 13.8. The Morgan fingerprint density at radius 2 is 2.18 bits per heavy atom. The van der Waals surface area contributed by atoms with E-state index in [2.05, 4.69) is 16.0 Å². The number of rotatable bonds is 1. The summed E-state index contributed by atoms with van der Waals surface area (Å²) in [7, 11) is 0. The van der Waals surface area contributed by atoms with Crippen LogP contribution in [0.4, 0.5) is 11.6 Å². The van der Waals surface area contributed by atoms with Crippen molar-refractivity contribution in [2.24, 2.45) is 0 Å². The molecule has 0 atom stereocenters. The lowest BCUT2D eigenvalue weighted by Crippen LogP contribution is -2.20. The lowest BCUT2D eigenvalue weighted by atomic mass is 10.2. The molecule has 0 unspecified atom stereocenters. The number of para-hydroxylation sites is 1. The van der Waals surface area contributed by atoms with Crippen molar-refractivity contribution in [2.75, 3.05) is 11.4 Å². The molecule has 17 heavy (non-hydrogen) atoms. The van der Waals surface area contributed by atoms with Gasteiger partial charge in [-0.2, -0.15) is 4.98 Å². The first kappa shape index (κ1) is 9.89. The van der Waals surface area contributed by atoms with Crippen molar-refractivity contribution in [3.63, 3.8) is 0 Å². The minimum Gasteiger partial charge on any atom is -0.493 e. The summed E-state index contributed by atoms with van der Waals surface area (Å²) in [5.41, 5.74) is 1.90. The van der Waals surface area contributed by atoms with Gasteiger partial charge in [0.05, 0.1) is 6.07 Å². The minimum atomic E-state index is -0.350. The number of benzene rings is 1. The Morgan fingerprint density at radius 1 is 1.35 bits per heavy atom. The van der Waals surface area contributed by atoms with Gasteiger partial charge >= 0.3 is 0 Å². The van der Waals surface area contributed by atoms with Crippen LogP contribution in [0.5, 0.6) is 5.88 Å². The molecule has 5 heteroatoms. The van der Waals surface area contributed by atoms with E-state index in [-0.39, 0.29) is 11.4 Å². The molecule has 0 aliphatic carbocycles. The second-order valence-electron chi connectivity index (χ2n) is 3.96. The Hall–Kier alpha value is -2.30. The number of nitrogens with one attached hydrogen (secondary N) is 1. The number of nitrogens with zero attached hydrogens (tertiary/aromatic N) is 2. The lowest BCUT2D eigenvalue weighted by Gasteiger charge is -2.17. The fourth-order valence-corrected chi connectivity index (χ4v) is 2.12. The van der Waals surface area contributed by atoms with Gasteiger partial charge in [0.25, 0.3) is 5.56 Å². The summed E-state index contributed by atoms with van der Waals surface area (Å²) < 4.78 is 0. The zero-order valence-electron chi connectivity index (χ0n) is 9.05. The molecule has 86 valence electrons. The van der Waals surface area contributed by atoms with Crippen molar-refractivity contribution in [3.8, 4) is 5.88 Å². The number of aromatic hydroxyl groups is 1. The largest absolute Gasteiger partial charge is 0.493 e. The highest BCUT2D eigenvalue weighted by Gasteiger charge is 2.21. The van der Waals surface area contributed by atoms with Crippen LogP contribution in [-0.2, 0) is 6.42 Å². The number of aromatic nitrogens is 2. The monoisotopic (exact) mass is 229 g/mol. The van der Waals surface area contributed by atoms with Crippen LogP contribution in [0.15, 0.2) is 35.1 Å². The molecule has 5 nitrogen and oxygen atoms in total. The lowest BCUT2D eigenvalue weighted by molar-refractivity contribution is 0.451. The molecule has 2 heterocycles. The van der Waals surface area contributed by atoms with Gasteiger partial charge in [-0.3, -0.25) is 9.78 Å². The maximum Gasteiger partial charge on any atom is 0.256 e. The maximum absolute atomic E-state index is 11.3. The fraction of sp³-hybridized carbons (Fsp3) is 0.167. The molecule has 0 spiro atoms. The van der Waals surface area contributed by atoms with E-state index in [4.69, 9.17) is 0 Å². The van der Waals surface area contributed by atoms with Gasteiger partial charge in [-0.05, 0) is 18.1 Å². The van der Waals surface area contributed by atoms with Gasteiger partial charge in [-0.25, -0.2) is 0 Å². The van der Waals surface area contributed by atoms with E-state index in [1.165, 1.54) is 5.56 Å². The summed E-state index contributed by atoms with van der Waals surface area (Å²) >= 11 is 0. The van der Waals surface area contributed by atoms with E-state index in [1.54, 1.807) is 0 Å². The van der Waals surface area contributed by atoms with Crippen molar-refractivity contribution in [1.29, 1.82) is 0 Å². The van der Waals surface area contributed by atoms with Crippen LogP contribution < -0.4 is 10.5 Å². The predicted octanol–water partition coefficient (Wildman–Crippen LogP) is 1.17. The Morgan fingerprint density at radius 3 is 3.00 bits per heavy atom. The van der Waals surface area contributed by atoms with E-state index >= 15 is 0 Å². The first-order valence-electron chi connectivity index (χ1n) is 5.40. The highest BCUT2D eigenvalue weighted by atomic mass is 16.3. The van der Waals surface area contributed by atoms with Crippen LogP contribution in [0, 0.1) is 0 Å². The standard InChI is InChI=1S/C12H11N3O2/c16-10-7-11(17)14-12(13-10)15-6-5-8-3-1-2-4-9(8)15/h1-4,7H,5-6H2,(H2,13,14,16,17). The summed E-state index contributed by atoms with van der Waals surface area (Å²) in [6, 6.07) is 9.02. The molecule has 0 saturated carbocycles. The first-order valence-corrected chi connectivity index (χ1v) is 5.40. The van der Waals surface area contributed by atoms with Crippen LogP contribution in [0.2, 0.25) is 0 Å². The first-order chi connectivity index (χ1) is 8.24. The molecular weight excluding hydrogens is 218 g/mol. The average Bonchev–Trinajstić information content (AvgIpc) is 2.71. The number of H-pyrrole nitrogens is 1. The predicted molar refractivity (Wildman–Crippen MR) is 63.7 cm³/mol. The molecule has 1 aliphatic heterocycles. The average molecular weight is 229 g/mol. The maximum atomic E-state index is 11.3. The van der Waals surface area contributed by atoms with Crippen molar-refractivity contribution >= 4 is 11.6 Å². The van der Waals surface area contributed by atoms with E-state index in [0.29, 0.717) is 5.95 Å². The number of hydrogen-bond donors (Lipinski definition) is 2. The second kappa shape index (κ2) is 3.62. The summed E-state index contributed by atoms with van der Waals surface area (Å²) in [6.45, 7) is 0.756. The zero-order valence-corrected chi connectivity index (χ0v) is 9.05. The Bertz CT molecular complexity index is 621. The van der Waals surface area contributed by atoms with Crippen molar-refractivity contribution in [1.82, 2.24) is 9.97 Å². The topological polar surface area (TPSA) is 69.2 Å². The van der Waals surface area contributed by atoms with Crippen molar-refractivity contribution in [3.05, 3.63) is 46.2 Å². The molecule has 2 N–H and O–H groups in total. The highest BCUT2D eigenvalue weighted by Crippen LogP contribution is 2.31. The molecule has 0 amide bonds. The molecule has 3 rings (SSSR count). The second-order valence-corrected chi connectivity index (χ2v) is 3.96. The molecular formula is C12H11N3O2. The van der Waals surface area contributed by atoms with Gasteiger partial charge in [0, 0.05) is 12.2 Å². The molecule has 0 saturated heterocycles. The number of hydrogen-bond acceptors (Lipinski definition) is 4. The van der Waals surface area contributed by atoms with Crippen LogP contribution >= 0.6 is 0 Å². The van der Waals surface area contributed by atoms with Gasteiger partial charge in [0.15, 0.2) is 0 Å².